The molecule has 0 bridgehead atoms. The van der Waals surface area contributed by atoms with Crippen molar-refractivity contribution in [1.29, 1.82) is 0 Å². The lowest BCUT2D eigenvalue weighted by atomic mass is 9.65. The first-order valence-electron chi connectivity index (χ1n) is 11.4. The van der Waals surface area contributed by atoms with E-state index < -0.39 is 5.54 Å². The van der Waals surface area contributed by atoms with E-state index in [9.17, 15) is 9.59 Å². The predicted octanol–water partition coefficient (Wildman–Crippen LogP) is 2.97. The second-order valence-corrected chi connectivity index (χ2v) is 9.73. The van der Waals surface area contributed by atoms with Crippen LogP contribution in [0, 0.1) is 11.3 Å². The maximum absolute atomic E-state index is 13.2. The van der Waals surface area contributed by atoms with Gasteiger partial charge in [0.2, 0.25) is 0 Å². The van der Waals surface area contributed by atoms with Gasteiger partial charge in [-0.3, -0.25) is 4.79 Å². The first-order chi connectivity index (χ1) is 14.2. The molecule has 3 amide bonds. The van der Waals surface area contributed by atoms with Crippen LogP contribution in [0.3, 0.4) is 0 Å². The second-order valence-electron chi connectivity index (χ2n) is 9.73. The molecule has 2 N–H and O–H groups in total. The molecule has 1 heterocycles. The largest absolute Gasteiger partial charge is 0.494 e. The Kier molecular flexibility index (Phi) is 6.75. The summed E-state index contributed by atoms with van der Waals surface area (Å²) in [6.45, 7) is 10.6. The number of imide groups is 1. The van der Waals surface area contributed by atoms with Crippen molar-refractivity contribution in [1.82, 2.24) is 10.2 Å². The van der Waals surface area contributed by atoms with Crippen LogP contribution in [0.2, 0.25) is 0 Å². The van der Waals surface area contributed by atoms with E-state index in [0.717, 1.165) is 54.9 Å². The zero-order valence-corrected chi connectivity index (χ0v) is 19.2. The fraction of sp³-hybridized carbons (Fsp3) is 0.667. The molecular weight excluding hydrogens is 378 g/mol. The average Bonchev–Trinajstić information content (AvgIpc) is 2.94. The SMILES string of the molecule is CCOc1ccc(C[NH+](C)CN2C(=O)NC3(CCC(C(C)(C)CC)CC3)C2=O)cc1. The van der Waals surface area contributed by atoms with Crippen LogP contribution in [0.1, 0.15) is 65.4 Å². The fourth-order valence-electron chi connectivity index (χ4n) is 4.88. The van der Waals surface area contributed by atoms with E-state index in [1.54, 1.807) is 0 Å². The summed E-state index contributed by atoms with van der Waals surface area (Å²) in [6.07, 6.45) is 4.63. The smallest absolute Gasteiger partial charge is 0.329 e. The Morgan fingerprint density at radius 2 is 1.80 bits per heavy atom. The van der Waals surface area contributed by atoms with Crippen LogP contribution in [0.15, 0.2) is 24.3 Å². The Hall–Kier alpha value is -2.08. The molecule has 1 aromatic carbocycles. The quantitative estimate of drug-likeness (QED) is 0.641. The summed E-state index contributed by atoms with van der Waals surface area (Å²) >= 11 is 0. The van der Waals surface area contributed by atoms with Gasteiger partial charge in [0.1, 0.15) is 17.8 Å². The number of amides is 3. The van der Waals surface area contributed by atoms with Crippen molar-refractivity contribution in [3.05, 3.63) is 29.8 Å². The van der Waals surface area contributed by atoms with Crippen molar-refractivity contribution in [2.75, 3.05) is 20.3 Å². The van der Waals surface area contributed by atoms with Gasteiger partial charge in [0.05, 0.1) is 13.7 Å². The molecule has 1 saturated carbocycles. The fourth-order valence-corrected chi connectivity index (χ4v) is 4.88. The van der Waals surface area contributed by atoms with Crippen molar-refractivity contribution in [3.8, 4) is 5.75 Å². The molecule has 1 spiro atoms. The number of urea groups is 1. The van der Waals surface area contributed by atoms with Gasteiger partial charge >= 0.3 is 6.03 Å². The van der Waals surface area contributed by atoms with Gasteiger partial charge in [0.25, 0.3) is 5.91 Å². The maximum Gasteiger partial charge on any atom is 0.329 e. The topological polar surface area (TPSA) is 63.1 Å². The van der Waals surface area contributed by atoms with E-state index >= 15 is 0 Å². The summed E-state index contributed by atoms with van der Waals surface area (Å²) in [5, 5.41) is 3.06. The molecule has 3 rings (SSSR count). The van der Waals surface area contributed by atoms with E-state index in [1.807, 2.05) is 38.2 Å². The Morgan fingerprint density at radius 3 is 2.37 bits per heavy atom. The first kappa shape index (κ1) is 22.6. The highest BCUT2D eigenvalue weighted by Crippen LogP contribution is 2.44. The third-order valence-corrected chi connectivity index (χ3v) is 7.27. The van der Waals surface area contributed by atoms with Crippen LogP contribution >= 0.6 is 0 Å². The molecule has 2 aliphatic rings. The van der Waals surface area contributed by atoms with Gasteiger partial charge in [-0.25, -0.2) is 9.69 Å². The summed E-state index contributed by atoms with van der Waals surface area (Å²) in [6, 6.07) is 7.77. The Labute approximate surface area is 180 Å². The van der Waals surface area contributed by atoms with Crippen molar-refractivity contribution in [2.24, 2.45) is 11.3 Å². The molecular formula is C24H38N3O3+. The second kappa shape index (κ2) is 8.96. The molecule has 6 heteroatoms. The lowest BCUT2D eigenvalue weighted by Crippen LogP contribution is -3.09. The highest BCUT2D eigenvalue weighted by Gasteiger charge is 2.54. The van der Waals surface area contributed by atoms with Gasteiger partial charge in [-0.05, 0) is 68.2 Å². The zero-order chi connectivity index (χ0) is 21.9. The summed E-state index contributed by atoms with van der Waals surface area (Å²) < 4.78 is 5.49. The highest BCUT2D eigenvalue weighted by molar-refractivity contribution is 6.06. The van der Waals surface area contributed by atoms with Crippen molar-refractivity contribution < 1.29 is 19.2 Å². The van der Waals surface area contributed by atoms with Crippen molar-refractivity contribution in [2.45, 2.75) is 71.9 Å². The summed E-state index contributed by atoms with van der Waals surface area (Å²) in [4.78, 5) is 28.4. The Balaban J connectivity index is 1.58. The highest BCUT2D eigenvalue weighted by atomic mass is 16.5. The molecule has 1 aliphatic heterocycles. The number of hydrogen-bond acceptors (Lipinski definition) is 3. The molecule has 1 aromatic rings. The minimum absolute atomic E-state index is 0.0358. The molecule has 30 heavy (non-hydrogen) atoms. The van der Waals surface area contributed by atoms with Gasteiger partial charge in [0.15, 0.2) is 6.67 Å². The molecule has 0 aromatic heterocycles. The molecule has 0 radical (unpaired) electrons. The van der Waals surface area contributed by atoms with E-state index in [2.05, 4.69) is 26.1 Å². The lowest BCUT2D eigenvalue weighted by Gasteiger charge is -2.42. The van der Waals surface area contributed by atoms with Crippen LogP contribution in [0.25, 0.3) is 0 Å². The minimum Gasteiger partial charge on any atom is -0.494 e. The van der Waals surface area contributed by atoms with Crippen molar-refractivity contribution >= 4 is 11.9 Å². The minimum atomic E-state index is -0.684. The van der Waals surface area contributed by atoms with Crippen LogP contribution in [-0.2, 0) is 11.3 Å². The lowest BCUT2D eigenvalue weighted by molar-refractivity contribution is -0.901. The summed E-state index contributed by atoms with van der Waals surface area (Å²) in [7, 11) is 2.02. The third kappa shape index (κ3) is 4.64. The number of carbonyl (C=O) groups excluding carboxylic acids is 2. The number of nitrogens with one attached hydrogen (secondary N) is 2. The zero-order valence-electron chi connectivity index (χ0n) is 19.2. The number of nitrogens with zero attached hydrogens (tertiary/aromatic N) is 1. The van der Waals surface area contributed by atoms with E-state index in [1.165, 1.54) is 4.90 Å². The molecule has 1 unspecified atom stereocenters. The normalized spacial score (nSPS) is 25.5. The third-order valence-electron chi connectivity index (χ3n) is 7.27. The van der Waals surface area contributed by atoms with E-state index in [0.29, 0.717) is 19.2 Å². The predicted molar refractivity (Wildman–Crippen MR) is 117 cm³/mol. The number of hydrogen-bond donors (Lipinski definition) is 2. The summed E-state index contributed by atoms with van der Waals surface area (Å²) in [5.41, 5.74) is 0.756. The number of benzene rings is 1. The molecule has 2 fully saturated rings. The number of rotatable bonds is 8. The van der Waals surface area contributed by atoms with Crippen LogP contribution < -0.4 is 15.0 Å². The van der Waals surface area contributed by atoms with Gasteiger partial charge in [-0.2, -0.15) is 0 Å². The Bertz CT molecular complexity index is 751. The first-order valence-corrected chi connectivity index (χ1v) is 11.4. The Morgan fingerprint density at radius 1 is 1.17 bits per heavy atom. The summed E-state index contributed by atoms with van der Waals surface area (Å²) in [5.74, 6) is 1.43. The molecule has 1 atom stereocenters. The van der Waals surface area contributed by atoms with Crippen LogP contribution in [-0.4, -0.2) is 42.7 Å². The average molecular weight is 417 g/mol. The van der Waals surface area contributed by atoms with Crippen LogP contribution in [0.5, 0.6) is 5.75 Å². The van der Waals surface area contributed by atoms with Crippen molar-refractivity contribution in [3.63, 3.8) is 0 Å². The molecule has 166 valence electrons. The maximum atomic E-state index is 13.2. The van der Waals surface area contributed by atoms with Gasteiger partial charge in [0, 0.05) is 5.56 Å². The molecule has 6 nitrogen and oxygen atoms in total. The molecule has 1 aliphatic carbocycles. The monoisotopic (exact) mass is 416 g/mol. The van der Waals surface area contributed by atoms with Gasteiger partial charge in [-0.1, -0.05) is 27.2 Å². The van der Waals surface area contributed by atoms with E-state index in [4.69, 9.17) is 4.74 Å². The number of ether oxygens (including phenoxy) is 1. The molecule has 1 saturated heterocycles. The number of quaternary nitrogens is 1. The number of carbonyl (C=O) groups is 2. The standard InChI is InChI=1S/C24H37N3O3/c1-6-23(3,4)19-12-14-24(15-13-19)21(28)27(22(29)25-24)17-26(5)16-18-8-10-20(11-9-18)30-7-2/h8-11,19H,6-7,12-17H2,1-5H3,(H,25,29)/p+1. The van der Waals surface area contributed by atoms with Crippen LogP contribution in [0.4, 0.5) is 4.79 Å². The van der Waals surface area contributed by atoms with Gasteiger partial charge < -0.3 is 15.0 Å². The van der Waals surface area contributed by atoms with Gasteiger partial charge in [-0.15, -0.1) is 0 Å². The van der Waals surface area contributed by atoms with E-state index in [-0.39, 0.29) is 17.4 Å².